The molecule has 0 bridgehead atoms. The van der Waals surface area contributed by atoms with Crippen LogP contribution in [0.5, 0.6) is 0 Å². The third-order valence-corrected chi connectivity index (χ3v) is 8.85. The molecule has 0 unspecified atom stereocenters. The van der Waals surface area contributed by atoms with Gasteiger partial charge in [0.1, 0.15) is 5.82 Å². The fraction of sp³-hybridized carbons (Fsp3) is 0.318. The summed E-state index contributed by atoms with van der Waals surface area (Å²) in [7, 11) is -3.38. The Morgan fingerprint density at radius 2 is 1.93 bits per heavy atom. The molecule has 0 N–H and O–H groups in total. The van der Waals surface area contributed by atoms with E-state index in [1.807, 2.05) is 24.0 Å². The number of hydrogen-bond acceptors (Lipinski definition) is 5. The first kappa shape index (κ1) is 21.7. The standard InChI is InChI=1S/C22H22BrFN2O2S2/c1-30(27,28)22-3-2-18(24)10-17(22)14-26-8-5-19(6-9-26)29-21-12-15-4-7-25-13-16(15)11-20(21)23/h2-4,7,10-13,19H,5-6,8-9,14H2,1H3. The van der Waals surface area contributed by atoms with Gasteiger partial charge < -0.3 is 0 Å². The van der Waals surface area contributed by atoms with Gasteiger partial charge in [-0.25, -0.2) is 12.8 Å². The van der Waals surface area contributed by atoms with Gasteiger partial charge in [-0.3, -0.25) is 9.88 Å². The number of nitrogens with zero attached hydrogens (tertiary/aromatic N) is 2. The van der Waals surface area contributed by atoms with Crippen LogP contribution in [0.3, 0.4) is 0 Å². The molecule has 158 valence electrons. The summed E-state index contributed by atoms with van der Waals surface area (Å²) in [6.45, 7) is 2.16. The third-order valence-electron chi connectivity index (χ3n) is 5.34. The Balaban J connectivity index is 1.42. The number of likely N-dealkylation sites (tertiary alicyclic amines) is 1. The van der Waals surface area contributed by atoms with E-state index in [4.69, 9.17) is 0 Å². The van der Waals surface area contributed by atoms with E-state index in [0.29, 0.717) is 17.4 Å². The second-order valence-electron chi connectivity index (χ2n) is 7.62. The number of benzene rings is 2. The molecule has 0 amide bonds. The van der Waals surface area contributed by atoms with Gasteiger partial charge in [-0.1, -0.05) is 0 Å². The van der Waals surface area contributed by atoms with Crippen LogP contribution in [-0.4, -0.2) is 42.9 Å². The minimum Gasteiger partial charge on any atom is -0.299 e. The largest absolute Gasteiger partial charge is 0.299 e. The first-order valence-electron chi connectivity index (χ1n) is 9.70. The van der Waals surface area contributed by atoms with E-state index in [9.17, 15) is 12.8 Å². The van der Waals surface area contributed by atoms with Crippen LogP contribution in [0, 0.1) is 5.82 Å². The third kappa shape index (κ3) is 5.04. The number of pyridine rings is 1. The van der Waals surface area contributed by atoms with E-state index in [1.165, 1.54) is 34.7 Å². The van der Waals surface area contributed by atoms with E-state index in [2.05, 4.69) is 37.9 Å². The molecule has 4 rings (SSSR count). The zero-order valence-electron chi connectivity index (χ0n) is 16.5. The lowest BCUT2D eigenvalue weighted by molar-refractivity contribution is 0.223. The first-order chi connectivity index (χ1) is 14.3. The second-order valence-corrected chi connectivity index (χ2v) is 11.8. The highest BCUT2D eigenvalue weighted by Crippen LogP contribution is 2.37. The number of hydrogen-bond donors (Lipinski definition) is 0. The number of aromatic nitrogens is 1. The van der Waals surface area contributed by atoms with E-state index in [0.717, 1.165) is 35.8 Å². The molecule has 1 fully saturated rings. The Hall–Kier alpha value is -1.48. The summed E-state index contributed by atoms with van der Waals surface area (Å²) < 4.78 is 38.9. The van der Waals surface area contributed by atoms with Crippen molar-refractivity contribution in [3.8, 4) is 0 Å². The maximum atomic E-state index is 13.7. The molecule has 2 heterocycles. The van der Waals surface area contributed by atoms with Crippen molar-refractivity contribution in [1.82, 2.24) is 9.88 Å². The number of piperidine rings is 1. The Labute approximate surface area is 188 Å². The number of rotatable bonds is 5. The van der Waals surface area contributed by atoms with E-state index >= 15 is 0 Å². The first-order valence-corrected chi connectivity index (χ1v) is 13.3. The minimum absolute atomic E-state index is 0.218. The smallest absolute Gasteiger partial charge is 0.175 e. The Morgan fingerprint density at radius 3 is 2.67 bits per heavy atom. The lowest BCUT2D eigenvalue weighted by Crippen LogP contribution is -2.34. The molecule has 0 atom stereocenters. The van der Waals surface area contributed by atoms with Crippen LogP contribution in [0.1, 0.15) is 18.4 Å². The number of sulfone groups is 1. The number of thioether (sulfide) groups is 1. The van der Waals surface area contributed by atoms with Crippen LogP contribution in [0.25, 0.3) is 10.8 Å². The summed E-state index contributed by atoms with van der Waals surface area (Å²) >= 11 is 5.56. The van der Waals surface area contributed by atoms with Gasteiger partial charge in [-0.15, -0.1) is 11.8 Å². The number of halogens is 2. The average Bonchev–Trinajstić information content (AvgIpc) is 2.69. The van der Waals surface area contributed by atoms with Crippen molar-refractivity contribution in [3.63, 3.8) is 0 Å². The predicted molar refractivity (Wildman–Crippen MR) is 123 cm³/mol. The topological polar surface area (TPSA) is 50.3 Å². The Morgan fingerprint density at radius 1 is 1.17 bits per heavy atom. The van der Waals surface area contributed by atoms with Crippen molar-refractivity contribution in [2.75, 3.05) is 19.3 Å². The lowest BCUT2D eigenvalue weighted by Gasteiger charge is -2.32. The van der Waals surface area contributed by atoms with Gasteiger partial charge in [0.2, 0.25) is 0 Å². The van der Waals surface area contributed by atoms with Gasteiger partial charge in [0.05, 0.1) is 4.90 Å². The van der Waals surface area contributed by atoms with Crippen LogP contribution in [0.15, 0.2) is 63.1 Å². The molecule has 0 radical (unpaired) electrons. The van der Waals surface area contributed by atoms with Crippen molar-refractivity contribution in [3.05, 3.63) is 64.6 Å². The molecule has 1 aliphatic heterocycles. The van der Waals surface area contributed by atoms with E-state index < -0.39 is 15.7 Å². The molecular weight excluding hydrogens is 487 g/mol. The summed E-state index contributed by atoms with van der Waals surface area (Å²) in [6, 6.07) is 10.3. The van der Waals surface area contributed by atoms with E-state index in [-0.39, 0.29) is 4.90 Å². The molecule has 0 aliphatic carbocycles. The Kier molecular flexibility index (Phi) is 6.48. The normalized spacial score (nSPS) is 16.2. The second kappa shape index (κ2) is 8.94. The van der Waals surface area contributed by atoms with E-state index in [1.54, 1.807) is 6.20 Å². The van der Waals surface area contributed by atoms with Crippen LogP contribution >= 0.6 is 27.7 Å². The molecule has 1 aliphatic rings. The van der Waals surface area contributed by atoms with Crippen molar-refractivity contribution in [2.24, 2.45) is 0 Å². The molecule has 3 aromatic rings. The maximum absolute atomic E-state index is 13.7. The van der Waals surface area contributed by atoms with Crippen molar-refractivity contribution in [1.29, 1.82) is 0 Å². The lowest BCUT2D eigenvalue weighted by atomic mass is 10.1. The summed E-state index contributed by atoms with van der Waals surface area (Å²) in [5.74, 6) is -0.404. The fourth-order valence-corrected chi connectivity index (χ4v) is 6.55. The maximum Gasteiger partial charge on any atom is 0.175 e. The minimum atomic E-state index is -3.38. The summed E-state index contributed by atoms with van der Waals surface area (Å²) in [6.07, 6.45) is 6.83. The molecule has 30 heavy (non-hydrogen) atoms. The van der Waals surface area contributed by atoms with Crippen molar-refractivity contribution >= 4 is 48.3 Å². The summed E-state index contributed by atoms with van der Waals surface area (Å²) in [5, 5.41) is 2.77. The molecule has 8 heteroatoms. The highest BCUT2D eigenvalue weighted by atomic mass is 79.9. The van der Waals surface area contributed by atoms with Gasteiger partial charge in [0, 0.05) is 45.2 Å². The Bertz CT molecular complexity index is 1180. The zero-order chi connectivity index (χ0) is 21.3. The number of fused-ring (bicyclic) bond motifs is 1. The van der Waals surface area contributed by atoms with Gasteiger partial charge >= 0.3 is 0 Å². The van der Waals surface area contributed by atoms with Gasteiger partial charge in [0.15, 0.2) is 9.84 Å². The molecule has 2 aromatic carbocycles. The average molecular weight is 509 g/mol. The van der Waals surface area contributed by atoms with Gasteiger partial charge in [0.25, 0.3) is 0 Å². The molecule has 0 spiro atoms. The predicted octanol–water partition coefficient (Wildman–Crippen LogP) is 5.30. The molecule has 1 aromatic heterocycles. The van der Waals surface area contributed by atoms with Gasteiger partial charge in [-0.2, -0.15) is 0 Å². The highest BCUT2D eigenvalue weighted by Gasteiger charge is 2.23. The SMILES string of the molecule is CS(=O)(=O)c1ccc(F)cc1CN1CCC(Sc2cc3ccncc3cc2Br)CC1. The zero-order valence-corrected chi connectivity index (χ0v) is 19.7. The van der Waals surface area contributed by atoms with Crippen molar-refractivity contribution < 1.29 is 12.8 Å². The summed E-state index contributed by atoms with van der Waals surface area (Å²) in [4.78, 5) is 7.82. The quantitative estimate of drug-likeness (QED) is 0.437. The monoisotopic (exact) mass is 508 g/mol. The summed E-state index contributed by atoms with van der Waals surface area (Å²) in [5.41, 5.74) is 0.537. The molecule has 0 saturated carbocycles. The molecule has 4 nitrogen and oxygen atoms in total. The van der Waals surface area contributed by atoms with Crippen LogP contribution in [0.2, 0.25) is 0 Å². The molecular formula is C22H22BrFN2O2S2. The van der Waals surface area contributed by atoms with Crippen molar-refractivity contribution in [2.45, 2.75) is 34.4 Å². The van der Waals surface area contributed by atoms with Crippen LogP contribution in [-0.2, 0) is 16.4 Å². The van der Waals surface area contributed by atoms with Crippen LogP contribution in [0.4, 0.5) is 4.39 Å². The van der Waals surface area contributed by atoms with Gasteiger partial charge in [-0.05, 0) is 89.2 Å². The highest BCUT2D eigenvalue weighted by molar-refractivity contribution is 9.10. The molecule has 1 saturated heterocycles. The van der Waals surface area contributed by atoms with Crippen LogP contribution < -0.4 is 0 Å². The fourth-order valence-electron chi connectivity index (χ4n) is 3.82.